The number of rotatable bonds is 7. The van der Waals surface area contributed by atoms with Gasteiger partial charge in [0.15, 0.2) is 0 Å². The van der Waals surface area contributed by atoms with Crippen molar-refractivity contribution in [2.45, 2.75) is 40.0 Å². The smallest absolute Gasteiger partial charge is 0.221 e. The Bertz CT molecular complexity index is 366. The lowest BCUT2D eigenvalue weighted by Gasteiger charge is -2.15. The van der Waals surface area contributed by atoms with Crippen LogP contribution in [0.2, 0.25) is 0 Å². The summed E-state index contributed by atoms with van der Waals surface area (Å²) in [5, 5.41) is 6.22. The maximum atomic E-state index is 11.4. The number of aryl methyl sites for hydroxylation is 2. The second kappa shape index (κ2) is 7.75. The first kappa shape index (κ1) is 14.6. The average Bonchev–Trinajstić information content (AvgIpc) is 2.39. The first-order chi connectivity index (χ1) is 8.72. The molecule has 1 aromatic rings. The molecular weight excluding hydrogens is 224 g/mol. The van der Waals surface area contributed by atoms with Crippen molar-refractivity contribution in [3.05, 3.63) is 29.3 Å². The number of hydrogen-bond acceptors (Lipinski definition) is 2. The summed E-state index contributed by atoms with van der Waals surface area (Å²) in [7, 11) is 0. The van der Waals surface area contributed by atoms with E-state index in [-0.39, 0.29) is 5.91 Å². The SMILES string of the molecule is CCNC(=O)CCNc1c(CC)cccc1CC. The van der Waals surface area contributed by atoms with Crippen LogP contribution in [0.3, 0.4) is 0 Å². The van der Waals surface area contributed by atoms with Crippen LogP contribution in [0.25, 0.3) is 0 Å². The van der Waals surface area contributed by atoms with Crippen molar-refractivity contribution in [1.29, 1.82) is 0 Å². The molecule has 0 atom stereocenters. The quantitative estimate of drug-likeness (QED) is 0.779. The van der Waals surface area contributed by atoms with Crippen LogP contribution in [0.4, 0.5) is 5.69 Å². The second-order valence-corrected chi connectivity index (χ2v) is 4.29. The molecule has 0 aliphatic heterocycles. The lowest BCUT2D eigenvalue weighted by atomic mass is 10.0. The van der Waals surface area contributed by atoms with Gasteiger partial charge in [0.1, 0.15) is 0 Å². The molecule has 0 aromatic heterocycles. The van der Waals surface area contributed by atoms with Gasteiger partial charge in [0.2, 0.25) is 5.91 Å². The molecule has 0 unspecified atom stereocenters. The summed E-state index contributed by atoms with van der Waals surface area (Å²) in [6, 6.07) is 6.40. The van der Waals surface area contributed by atoms with E-state index >= 15 is 0 Å². The van der Waals surface area contributed by atoms with Crippen LogP contribution in [0.15, 0.2) is 18.2 Å². The minimum atomic E-state index is 0.108. The minimum Gasteiger partial charge on any atom is -0.384 e. The van der Waals surface area contributed by atoms with Gasteiger partial charge in [0.05, 0.1) is 0 Å². The monoisotopic (exact) mass is 248 g/mol. The van der Waals surface area contributed by atoms with Crippen LogP contribution in [0, 0.1) is 0 Å². The first-order valence-electron chi connectivity index (χ1n) is 6.84. The van der Waals surface area contributed by atoms with Crippen molar-refractivity contribution in [3.63, 3.8) is 0 Å². The van der Waals surface area contributed by atoms with Gasteiger partial charge in [-0.2, -0.15) is 0 Å². The van der Waals surface area contributed by atoms with Gasteiger partial charge in [-0.3, -0.25) is 4.79 Å². The Labute approximate surface area is 110 Å². The third-order valence-corrected chi connectivity index (χ3v) is 3.03. The van der Waals surface area contributed by atoms with Gasteiger partial charge in [-0.15, -0.1) is 0 Å². The molecule has 0 aliphatic carbocycles. The minimum absolute atomic E-state index is 0.108. The number of amides is 1. The molecule has 1 rings (SSSR count). The summed E-state index contributed by atoms with van der Waals surface area (Å²) in [4.78, 5) is 11.4. The maximum absolute atomic E-state index is 11.4. The number of para-hydroxylation sites is 1. The van der Waals surface area contributed by atoms with Crippen LogP contribution < -0.4 is 10.6 Å². The summed E-state index contributed by atoms with van der Waals surface area (Å²) in [6.07, 6.45) is 2.55. The summed E-state index contributed by atoms with van der Waals surface area (Å²) in [6.45, 7) is 7.64. The number of carbonyl (C=O) groups is 1. The molecule has 0 radical (unpaired) electrons. The second-order valence-electron chi connectivity index (χ2n) is 4.29. The zero-order chi connectivity index (χ0) is 13.4. The predicted octanol–water partition coefficient (Wildman–Crippen LogP) is 2.75. The summed E-state index contributed by atoms with van der Waals surface area (Å²) >= 11 is 0. The normalized spacial score (nSPS) is 10.2. The highest BCUT2D eigenvalue weighted by molar-refractivity contribution is 5.76. The topological polar surface area (TPSA) is 41.1 Å². The highest BCUT2D eigenvalue weighted by atomic mass is 16.1. The molecule has 0 saturated heterocycles. The zero-order valence-corrected chi connectivity index (χ0v) is 11.7. The molecule has 0 spiro atoms. The van der Waals surface area contributed by atoms with Gasteiger partial charge in [-0.25, -0.2) is 0 Å². The van der Waals surface area contributed by atoms with Crippen molar-refractivity contribution >= 4 is 11.6 Å². The van der Waals surface area contributed by atoms with E-state index in [1.54, 1.807) is 0 Å². The third-order valence-electron chi connectivity index (χ3n) is 3.03. The van der Waals surface area contributed by atoms with Gasteiger partial charge in [-0.05, 0) is 30.9 Å². The van der Waals surface area contributed by atoms with E-state index in [4.69, 9.17) is 0 Å². The standard InChI is InChI=1S/C15H24N2O/c1-4-12-8-7-9-13(5-2)15(12)17-11-10-14(18)16-6-3/h7-9,17H,4-6,10-11H2,1-3H3,(H,16,18). The van der Waals surface area contributed by atoms with E-state index in [1.807, 2.05) is 6.92 Å². The molecule has 1 aromatic carbocycles. The van der Waals surface area contributed by atoms with E-state index in [9.17, 15) is 4.79 Å². The van der Waals surface area contributed by atoms with Gasteiger partial charge in [0.25, 0.3) is 0 Å². The van der Waals surface area contributed by atoms with Gasteiger partial charge >= 0.3 is 0 Å². The Kier molecular flexibility index (Phi) is 6.26. The van der Waals surface area contributed by atoms with Crippen molar-refractivity contribution in [1.82, 2.24) is 5.32 Å². The lowest BCUT2D eigenvalue weighted by molar-refractivity contribution is -0.120. The van der Waals surface area contributed by atoms with Gasteiger partial charge in [0, 0.05) is 25.2 Å². The fourth-order valence-corrected chi connectivity index (χ4v) is 2.06. The molecule has 3 nitrogen and oxygen atoms in total. The van der Waals surface area contributed by atoms with E-state index in [2.05, 4.69) is 42.7 Å². The maximum Gasteiger partial charge on any atom is 0.221 e. The molecule has 18 heavy (non-hydrogen) atoms. The molecule has 0 heterocycles. The average molecular weight is 248 g/mol. The fraction of sp³-hybridized carbons (Fsp3) is 0.533. The van der Waals surface area contributed by atoms with Crippen LogP contribution in [-0.4, -0.2) is 19.0 Å². The Morgan fingerprint density at radius 2 is 1.72 bits per heavy atom. The fourth-order valence-electron chi connectivity index (χ4n) is 2.06. The van der Waals surface area contributed by atoms with E-state index in [1.165, 1.54) is 16.8 Å². The highest BCUT2D eigenvalue weighted by Gasteiger charge is 2.06. The molecule has 0 fully saturated rings. The molecule has 0 aliphatic rings. The summed E-state index contributed by atoms with van der Waals surface area (Å²) < 4.78 is 0. The Hall–Kier alpha value is -1.51. The van der Waals surface area contributed by atoms with Crippen molar-refractivity contribution in [2.75, 3.05) is 18.4 Å². The molecule has 3 heteroatoms. The Balaban J connectivity index is 2.62. The van der Waals surface area contributed by atoms with E-state index in [0.29, 0.717) is 19.5 Å². The lowest BCUT2D eigenvalue weighted by Crippen LogP contribution is -2.25. The summed E-state index contributed by atoms with van der Waals surface area (Å²) in [5.74, 6) is 0.108. The van der Waals surface area contributed by atoms with Gasteiger partial charge in [-0.1, -0.05) is 32.0 Å². The van der Waals surface area contributed by atoms with Crippen molar-refractivity contribution < 1.29 is 4.79 Å². The van der Waals surface area contributed by atoms with Crippen LogP contribution in [0.1, 0.15) is 38.3 Å². The van der Waals surface area contributed by atoms with Crippen molar-refractivity contribution in [3.8, 4) is 0 Å². The zero-order valence-electron chi connectivity index (χ0n) is 11.7. The molecule has 100 valence electrons. The van der Waals surface area contributed by atoms with E-state index < -0.39 is 0 Å². The molecule has 1 amide bonds. The van der Waals surface area contributed by atoms with E-state index in [0.717, 1.165) is 12.8 Å². The molecule has 0 bridgehead atoms. The van der Waals surface area contributed by atoms with Crippen LogP contribution in [-0.2, 0) is 17.6 Å². The first-order valence-corrected chi connectivity index (χ1v) is 6.84. The number of hydrogen-bond donors (Lipinski definition) is 2. The largest absolute Gasteiger partial charge is 0.384 e. The number of anilines is 1. The number of carbonyl (C=O) groups excluding carboxylic acids is 1. The molecular formula is C15H24N2O. The van der Waals surface area contributed by atoms with Crippen LogP contribution in [0.5, 0.6) is 0 Å². The molecule has 2 N–H and O–H groups in total. The Morgan fingerprint density at radius 1 is 1.11 bits per heavy atom. The number of nitrogens with one attached hydrogen (secondary N) is 2. The van der Waals surface area contributed by atoms with Crippen molar-refractivity contribution in [2.24, 2.45) is 0 Å². The summed E-state index contributed by atoms with van der Waals surface area (Å²) in [5.41, 5.74) is 3.86. The van der Waals surface area contributed by atoms with Gasteiger partial charge < -0.3 is 10.6 Å². The predicted molar refractivity (Wildman–Crippen MR) is 77.0 cm³/mol. The highest BCUT2D eigenvalue weighted by Crippen LogP contribution is 2.22. The third kappa shape index (κ3) is 4.06. The molecule has 0 saturated carbocycles. The number of benzene rings is 1. The Morgan fingerprint density at radius 3 is 2.22 bits per heavy atom. The van der Waals surface area contributed by atoms with Crippen LogP contribution >= 0.6 is 0 Å².